The number of imidazole rings is 1. The van der Waals surface area contributed by atoms with E-state index in [0.717, 1.165) is 28.1 Å². The molecule has 0 amide bonds. The SMILES string of the molecule is CCn1c(/C=C/C(=O)O)nc2c(Br)cccc21. The molecular formula is C12H11BrN2O2. The molecule has 5 heteroatoms. The van der Waals surface area contributed by atoms with Crippen LogP contribution in [0.1, 0.15) is 12.7 Å². The highest BCUT2D eigenvalue weighted by Gasteiger charge is 2.09. The van der Waals surface area contributed by atoms with Crippen LogP contribution in [0.2, 0.25) is 0 Å². The number of hydrogen-bond acceptors (Lipinski definition) is 2. The minimum Gasteiger partial charge on any atom is -0.478 e. The molecule has 0 spiro atoms. The summed E-state index contributed by atoms with van der Waals surface area (Å²) < 4.78 is 2.88. The van der Waals surface area contributed by atoms with Crippen molar-refractivity contribution in [3.05, 3.63) is 34.6 Å². The minimum atomic E-state index is -0.973. The summed E-state index contributed by atoms with van der Waals surface area (Å²) in [4.78, 5) is 14.9. The van der Waals surface area contributed by atoms with Crippen LogP contribution in [0.25, 0.3) is 17.1 Å². The lowest BCUT2D eigenvalue weighted by molar-refractivity contribution is -0.131. The highest BCUT2D eigenvalue weighted by molar-refractivity contribution is 9.10. The molecule has 1 aromatic heterocycles. The second kappa shape index (κ2) is 4.71. The van der Waals surface area contributed by atoms with Crippen molar-refractivity contribution in [1.82, 2.24) is 9.55 Å². The number of nitrogens with zero attached hydrogens (tertiary/aromatic N) is 2. The highest BCUT2D eigenvalue weighted by atomic mass is 79.9. The fourth-order valence-corrected chi connectivity index (χ4v) is 2.18. The number of aryl methyl sites for hydroxylation is 1. The van der Waals surface area contributed by atoms with Gasteiger partial charge in [-0.25, -0.2) is 9.78 Å². The van der Waals surface area contributed by atoms with Gasteiger partial charge in [0, 0.05) is 17.1 Å². The second-order valence-corrected chi connectivity index (χ2v) is 4.35. The third-order valence-corrected chi connectivity index (χ3v) is 3.09. The van der Waals surface area contributed by atoms with Crippen molar-refractivity contribution >= 4 is 39.0 Å². The molecule has 1 N–H and O–H groups in total. The maximum Gasteiger partial charge on any atom is 0.328 e. The molecule has 0 bridgehead atoms. The number of aromatic nitrogens is 2. The van der Waals surface area contributed by atoms with Crippen LogP contribution in [-0.2, 0) is 11.3 Å². The van der Waals surface area contributed by atoms with Gasteiger partial charge in [-0.2, -0.15) is 0 Å². The Bertz CT molecular complexity index is 602. The molecule has 0 aliphatic heterocycles. The molecule has 0 radical (unpaired) electrons. The van der Waals surface area contributed by atoms with Crippen LogP contribution >= 0.6 is 15.9 Å². The van der Waals surface area contributed by atoms with Crippen molar-refractivity contribution in [2.75, 3.05) is 0 Å². The summed E-state index contributed by atoms with van der Waals surface area (Å²) in [5.74, 6) is -0.324. The lowest BCUT2D eigenvalue weighted by atomic mass is 10.3. The first kappa shape index (κ1) is 11.9. The monoisotopic (exact) mass is 294 g/mol. The Morgan fingerprint density at radius 1 is 1.59 bits per heavy atom. The fourth-order valence-electron chi connectivity index (χ4n) is 1.74. The Morgan fingerprint density at radius 2 is 2.35 bits per heavy atom. The van der Waals surface area contributed by atoms with Crippen molar-refractivity contribution in [3.63, 3.8) is 0 Å². The van der Waals surface area contributed by atoms with Crippen molar-refractivity contribution in [2.24, 2.45) is 0 Å². The van der Waals surface area contributed by atoms with Gasteiger partial charge in [0.05, 0.1) is 5.52 Å². The summed E-state index contributed by atoms with van der Waals surface area (Å²) in [6, 6.07) is 5.82. The van der Waals surface area contributed by atoms with Gasteiger partial charge in [-0.05, 0) is 41.1 Å². The number of carboxylic acids is 1. The Balaban J connectivity index is 2.63. The van der Waals surface area contributed by atoms with E-state index in [1.807, 2.05) is 29.7 Å². The van der Waals surface area contributed by atoms with Crippen molar-refractivity contribution in [2.45, 2.75) is 13.5 Å². The molecule has 2 aromatic rings. The standard InChI is InChI=1S/C12H11BrN2O2/c1-2-15-9-5-3-4-8(13)12(9)14-10(15)6-7-11(16)17/h3-7H,2H2,1H3,(H,16,17)/b7-6+. The quantitative estimate of drug-likeness (QED) is 0.886. The Morgan fingerprint density at radius 3 is 3.00 bits per heavy atom. The van der Waals surface area contributed by atoms with Crippen LogP contribution in [0.15, 0.2) is 28.7 Å². The third-order valence-electron chi connectivity index (χ3n) is 2.45. The first-order valence-corrected chi connectivity index (χ1v) is 5.98. The molecule has 0 aliphatic carbocycles. The normalized spacial score (nSPS) is 11.4. The number of benzene rings is 1. The molecule has 2 rings (SSSR count). The van der Waals surface area contributed by atoms with Crippen LogP contribution < -0.4 is 0 Å². The summed E-state index contributed by atoms with van der Waals surface area (Å²) in [6.45, 7) is 2.74. The van der Waals surface area contributed by atoms with E-state index < -0.39 is 5.97 Å². The van der Waals surface area contributed by atoms with Crippen LogP contribution in [0.5, 0.6) is 0 Å². The van der Waals surface area contributed by atoms with E-state index in [9.17, 15) is 4.79 Å². The summed E-state index contributed by atoms with van der Waals surface area (Å²) >= 11 is 3.44. The lowest BCUT2D eigenvalue weighted by Gasteiger charge is -2.01. The molecule has 0 saturated heterocycles. The van der Waals surface area contributed by atoms with Gasteiger partial charge in [0.2, 0.25) is 0 Å². The molecular weight excluding hydrogens is 284 g/mol. The lowest BCUT2D eigenvalue weighted by Crippen LogP contribution is -1.97. The molecule has 0 fully saturated rings. The van der Waals surface area contributed by atoms with Gasteiger partial charge in [-0.15, -0.1) is 0 Å². The molecule has 1 heterocycles. The molecule has 0 aliphatic rings. The van der Waals surface area contributed by atoms with E-state index >= 15 is 0 Å². The van der Waals surface area contributed by atoms with Crippen molar-refractivity contribution < 1.29 is 9.90 Å². The zero-order valence-electron chi connectivity index (χ0n) is 9.22. The molecule has 4 nitrogen and oxygen atoms in total. The molecule has 0 unspecified atom stereocenters. The van der Waals surface area contributed by atoms with E-state index in [-0.39, 0.29) is 0 Å². The van der Waals surface area contributed by atoms with Crippen molar-refractivity contribution in [3.8, 4) is 0 Å². The van der Waals surface area contributed by atoms with E-state index in [2.05, 4.69) is 20.9 Å². The topological polar surface area (TPSA) is 55.1 Å². The molecule has 1 aromatic carbocycles. The average molecular weight is 295 g/mol. The number of aliphatic carboxylic acids is 1. The van der Waals surface area contributed by atoms with Gasteiger partial charge < -0.3 is 9.67 Å². The van der Waals surface area contributed by atoms with Gasteiger partial charge in [0.25, 0.3) is 0 Å². The number of halogens is 1. The van der Waals surface area contributed by atoms with Gasteiger partial charge in [-0.1, -0.05) is 6.07 Å². The van der Waals surface area contributed by atoms with Gasteiger partial charge in [0.15, 0.2) is 0 Å². The molecule has 17 heavy (non-hydrogen) atoms. The number of hydrogen-bond donors (Lipinski definition) is 1. The number of carboxylic acid groups (broad SMARTS) is 1. The van der Waals surface area contributed by atoms with Crippen LogP contribution in [0.3, 0.4) is 0 Å². The van der Waals surface area contributed by atoms with Crippen LogP contribution in [-0.4, -0.2) is 20.6 Å². The van der Waals surface area contributed by atoms with Gasteiger partial charge in [0.1, 0.15) is 11.3 Å². The third kappa shape index (κ3) is 2.24. The summed E-state index contributed by atoms with van der Waals surface area (Å²) in [5, 5.41) is 8.63. The van der Waals surface area contributed by atoms with Crippen LogP contribution in [0, 0.1) is 0 Å². The fraction of sp³-hybridized carbons (Fsp3) is 0.167. The average Bonchev–Trinajstić information content (AvgIpc) is 2.65. The predicted molar refractivity (Wildman–Crippen MR) is 69.8 cm³/mol. The Hall–Kier alpha value is -1.62. The number of fused-ring (bicyclic) bond motifs is 1. The van der Waals surface area contributed by atoms with E-state index in [1.54, 1.807) is 0 Å². The Labute approximate surface area is 107 Å². The number of para-hydroxylation sites is 1. The number of carbonyl (C=O) groups is 1. The van der Waals surface area contributed by atoms with Crippen molar-refractivity contribution in [1.29, 1.82) is 0 Å². The highest BCUT2D eigenvalue weighted by Crippen LogP contribution is 2.24. The molecule has 88 valence electrons. The summed E-state index contributed by atoms with van der Waals surface area (Å²) in [6.07, 6.45) is 2.61. The summed E-state index contributed by atoms with van der Waals surface area (Å²) in [7, 11) is 0. The van der Waals surface area contributed by atoms with Gasteiger partial charge >= 0.3 is 5.97 Å². The van der Waals surface area contributed by atoms with E-state index in [1.165, 1.54) is 6.08 Å². The smallest absolute Gasteiger partial charge is 0.328 e. The van der Waals surface area contributed by atoms with E-state index in [4.69, 9.17) is 5.11 Å². The molecule has 0 atom stereocenters. The second-order valence-electron chi connectivity index (χ2n) is 3.49. The zero-order valence-corrected chi connectivity index (χ0v) is 10.8. The number of rotatable bonds is 3. The predicted octanol–water partition coefficient (Wildman–Crippen LogP) is 2.92. The maximum absolute atomic E-state index is 10.5. The maximum atomic E-state index is 10.5. The van der Waals surface area contributed by atoms with Gasteiger partial charge in [-0.3, -0.25) is 0 Å². The first-order valence-electron chi connectivity index (χ1n) is 5.19. The zero-order chi connectivity index (χ0) is 12.4. The summed E-state index contributed by atoms with van der Waals surface area (Å²) in [5.41, 5.74) is 1.84. The van der Waals surface area contributed by atoms with E-state index in [0.29, 0.717) is 5.82 Å². The minimum absolute atomic E-state index is 0.650. The first-order chi connectivity index (χ1) is 8.13. The molecule has 0 saturated carbocycles. The largest absolute Gasteiger partial charge is 0.478 e. The Kier molecular flexibility index (Phi) is 3.28. The van der Waals surface area contributed by atoms with Crippen LogP contribution in [0.4, 0.5) is 0 Å².